The van der Waals surface area contributed by atoms with Crippen LogP contribution >= 0.6 is 0 Å². The topological polar surface area (TPSA) is 63.1 Å². The van der Waals surface area contributed by atoms with E-state index in [1.54, 1.807) is 42.7 Å². The molecule has 0 bridgehead atoms. The lowest BCUT2D eigenvalue weighted by atomic mass is 10.2. The quantitative estimate of drug-likeness (QED) is 0.257. The van der Waals surface area contributed by atoms with Gasteiger partial charge in [0.25, 0.3) is 0 Å². The molecule has 0 aromatic carbocycles. The molecule has 0 saturated heterocycles. The Morgan fingerprint density at radius 3 is 1.12 bits per heavy atom. The standard InChI is InChI=1S/C24H40N2O6Si2/c1-27-33(28-2,29-3)21-7-15-25-17-11-23(12-18-25)9-10-24-13-19-26(20-14-24)16-8-22-34(30-4,31-5)32-6/h9-14,17-20H,7-8,15-16,21-22H2,1-6H3/q+2/b10-9+. The average molecular weight is 509 g/mol. The van der Waals surface area contributed by atoms with Crippen LogP contribution in [0.1, 0.15) is 24.0 Å². The predicted molar refractivity (Wildman–Crippen MR) is 135 cm³/mol. The summed E-state index contributed by atoms with van der Waals surface area (Å²) in [4.78, 5) is 0. The smallest absolute Gasteiger partial charge is 0.377 e. The number of rotatable bonds is 16. The highest BCUT2D eigenvalue weighted by Gasteiger charge is 2.38. The zero-order chi connectivity index (χ0) is 24.9. The Kier molecular flexibility index (Phi) is 12.2. The molecule has 0 spiro atoms. The first-order valence-electron chi connectivity index (χ1n) is 11.4. The van der Waals surface area contributed by atoms with Gasteiger partial charge in [0.15, 0.2) is 24.8 Å². The van der Waals surface area contributed by atoms with Crippen LogP contribution in [0.2, 0.25) is 12.1 Å². The first-order chi connectivity index (χ1) is 16.5. The summed E-state index contributed by atoms with van der Waals surface area (Å²) in [6.45, 7) is 1.77. The normalized spacial score (nSPS) is 12.5. The number of hydrogen-bond donors (Lipinski definition) is 0. The van der Waals surface area contributed by atoms with E-state index < -0.39 is 17.6 Å². The summed E-state index contributed by atoms with van der Waals surface area (Å²) in [6.07, 6.45) is 14.5. The molecule has 188 valence electrons. The molecule has 2 aromatic rings. The van der Waals surface area contributed by atoms with E-state index in [-0.39, 0.29) is 0 Å². The van der Waals surface area contributed by atoms with Gasteiger partial charge >= 0.3 is 17.6 Å². The first kappa shape index (κ1) is 28.5. The van der Waals surface area contributed by atoms with Crippen LogP contribution in [0.3, 0.4) is 0 Å². The molecule has 2 heterocycles. The molecule has 0 N–H and O–H groups in total. The summed E-state index contributed by atoms with van der Waals surface area (Å²) < 4.78 is 37.2. The zero-order valence-corrected chi connectivity index (χ0v) is 23.4. The number of hydrogen-bond acceptors (Lipinski definition) is 6. The van der Waals surface area contributed by atoms with Gasteiger partial charge < -0.3 is 26.6 Å². The SMILES string of the molecule is CO[Si](CCC[n+]1ccc(/C=C/c2cc[n+](CCC[Si](OC)(OC)OC)cc2)cc1)(OC)OC. The molecule has 0 saturated carbocycles. The van der Waals surface area contributed by atoms with Crippen LogP contribution in [0.4, 0.5) is 0 Å². The van der Waals surface area contributed by atoms with E-state index in [9.17, 15) is 0 Å². The zero-order valence-electron chi connectivity index (χ0n) is 21.4. The molecule has 0 amide bonds. The van der Waals surface area contributed by atoms with Crippen molar-refractivity contribution in [1.29, 1.82) is 0 Å². The molecule has 2 aromatic heterocycles. The Morgan fingerprint density at radius 2 is 0.853 bits per heavy atom. The van der Waals surface area contributed by atoms with Crippen molar-refractivity contribution >= 4 is 29.8 Å². The minimum absolute atomic E-state index is 0.785. The maximum atomic E-state index is 5.48. The van der Waals surface area contributed by atoms with Gasteiger partial charge in [0.2, 0.25) is 0 Å². The second-order valence-corrected chi connectivity index (χ2v) is 14.1. The first-order valence-corrected chi connectivity index (χ1v) is 15.3. The molecule has 10 heteroatoms. The van der Waals surface area contributed by atoms with Gasteiger partial charge in [-0.25, -0.2) is 9.13 Å². The van der Waals surface area contributed by atoms with Gasteiger partial charge in [0.1, 0.15) is 13.1 Å². The summed E-state index contributed by atoms with van der Waals surface area (Å²) in [5.74, 6) is 0. The van der Waals surface area contributed by atoms with E-state index in [1.807, 2.05) is 0 Å². The Bertz CT molecular complexity index is 769. The van der Waals surface area contributed by atoms with Crippen LogP contribution in [0.25, 0.3) is 12.2 Å². The van der Waals surface area contributed by atoms with Gasteiger partial charge in [-0.1, -0.05) is 12.2 Å². The predicted octanol–water partition coefficient (Wildman–Crippen LogP) is 2.97. The Balaban J connectivity index is 1.83. The lowest BCUT2D eigenvalue weighted by Gasteiger charge is -2.23. The third-order valence-corrected chi connectivity index (χ3v) is 11.6. The molecule has 2 rings (SSSR count). The maximum Gasteiger partial charge on any atom is 0.500 e. The highest BCUT2D eigenvalue weighted by molar-refractivity contribution is 6.60. The van der Waals surface area contributed by atoms with Crippen molar-refractivity contribution in [2.45, 2.75) is 38.0 Å². The fourth-order valence-electron chi connectivity index (χ4n) is 3.72. The van der Waals surface area contributed by atoms with E-state index in [0.717, 1.165) is 49.1 Å². The molecule has 0 aliphatic heterocycles. The lowest BCUT2D eigenvalue weighted by molar-refractivity contribution is -0.697. The second kappa shape index (κ2) is 14.6. The van der Waals surface area contributed by atoms with E-state index in [2.05, 4.69) is 70.3 Å². The molecular weight excluding hydrogens is 468 g/mol. The highest BCUT2D eigenvalue weighted by atomic mass is 28.4. The van der Waals surface area contributed by atoms with Gasteiger partial charge in [-0.2, -0.15) is 0 Å². The van der Waals surface area contributed by atoms with Crippen LogP contribution in [-0.4, -0.2) is 60.3 Å². The number of aromatic nitrogens is 2. The van der Waals surface area contributed by atoms with Gasteiger partial charge in [-0.05, 0) is 11.1 Å². The van der Waals surface area contributed by atoms with Crippen LogP contribution in [0.5, 0.6) is 0 Å². The van der Waals surface area contributed by atoms with Crippen LogP contribution in [-0.2, 0) is 39.6 Å². The van der Waals surface area contributed by atoms with Gasteiger partial charge in [-0.15, -0.1) is 0 Å². The molecule has 0 aliphatic carbocycles. The third kappa shape index (κ3) is 8.47. The van der Waals surface area contributed by atoms with Crippen molar-refractivity contribution < 1.29 is 35.7 Å². The summed E-state index contributed by atoms with van der Waals surface area (Å²) in [5, 5.41) is 0. The summed E-state index contributed by atoms with van der Waals surface area (Å²) in [7, 11) is 4.91. The Hall–Kier alpha value is -1.77. The van der Waals surface area contributed by atoms with Crippen molar-refractivity contribution in [1.82, 2.24) is 0 Å². The fraction of sp³-hybridized carbons (Fsp3) is 0.500. The molecular formula is C24H40N2O6Si2+2. The number of aryl methyl sites for hydroxylation is 2. The Labute approximate surface area is 206 Å². The average Bonchev–Trinajstić information content (AvgIpc) is 2.90. The molecule has 34 heavy (non-hydrogen) atoms. The molecule has 0 aliphatic rings. The summed E-state index contributed by atoms with van der Waals surface area (Å²) in [6, 6.07) is 10.0. The highest BCUT2D eigenvalue weighted by Crippen LogP contribution is 2.16. The third-order valence-electron chi connectivity index (χ3n) is 5.97. The van der Waals surface area contributed by atoms with Crippen LogP contribution in [0.15, 0.2) is 49.1 Å². The van der Waals surface area contributed by atoms with Crippen molar-refractivity contribution in [2.24, 2.45) is 0 Å². The minimum Gasteiger partial charge on any atom is -0.377 e. The van der Waals surface area contributed by atoms with Gasteiger partial charge in [-0.3, -0.25) is 0 Å². The lowest BCUT2D eigenvalue weighted by Crippen LogP contribution is -2.44. The van der Waals surface area contributed by atoms with Crippen LogP contribution < -0.4 is 9.13 Å². The van der Waals surface area contributed by atoms with Crippen molar-refractivity contribution in [3.63, 3.8) is 0 Å². The summed E-state index contributed by atoms with van der Waals surface area (Å²) >= 11 is 0. The van der Waals surface area contributed by atoms with Crippen molar-refractivity contribution in [2.75, 3.05) is 42.7 Å². The van der Waals surface area contributed by atoms with Crippen molar-refractivity contribution in [3.05, 3.63) is 60.2 Å². The Morgan fingerprint density at radius 1 is 0.559 bits per heavy atom. The van der Waals surface area contributed by atoms with Gasteiger partial charge in [0, 0.05) is 91.9 Å². The minimum atomic E-state index is -2.50. The van der Waals surface area contributed by atoms with E-state index in [4.69, 9.17) is 26.6 Å². The van der Waals surface area contributed by atoms with E-state index >= 15 is 0 Å². The largest absolute Gasteiger partial charge is 0.500 e. The molecule has 0 radical (unpaired) electrons. The van der Waals surface area contributed by atoms with E-state index in [1.165, 1.54) is 0 Å². The molecule has 0 fully saturated rings. The monoisotopic (exact) mass is 508 g/mol. The molecule has 0 atom stereocenters. The summed E-state index contributed by atoms with van der Waals surface area (Å²) in [5.41, 5.74) is 2.31. The van der Waals surface area contributed by atoms with E-state index in [0.29, 0.717) is 0 Å². The second-order valence-electron chi connectivity index (χ2n) is 7.87. The molecule has 8 nitrogen and oxygen atoms in total. The molecule has 0 unspecified atom stereocenters. The maximum absolute atomic E-state index is 5.48. The van der Waals surface area contributed by atoms with Crippen LogP contribution in [0, 0.1) is 0 Å². The number of pyridine rings is 2. The number of nitrogens with zero attached hydrogens (tertiary/aromatic N) is 2. The van der Waals surface area contributed by atoms with Crippen molar-refractivity contribution in [3.8, 4) is 0 Å². The van der Waals surface area contributed by atoms with Gasteiger partial charge in [0.05, 0.1) is 0 Å². The fourth-order valence-corrected chi connectivity index (χ4v) is 7.13.